The highest BCUT2D eigenvalue weighted by Gasteiger charge is 2.51. The van der Waals surface area contributed by atoms with Crippen molar-refractivity contribution in [2.75, 3.05) is 7.11 Å². The lowest BCUT2D eigenvalue weighted by Crippen LogP contribution is -2.41. The maximum atomic E-state index is 9.22. The third-order valence-electron chi connectivity index (χ3n) is 3.42. The number of aliphatic hydroxyl groups is 1. The van der Waals surface area contributed by atoms with E-state index in [4.69, 9.17) is 14.4 Å². The Morgan fingerprint density at radius 1 is 0.889 bits per heavy atom. The molecule has 1 aliphatic rings. The molecule has 1 fully saturated rings. The number of aromatic hydroxyl groups is 1. The molecule has 0 spiro atoms. The smallest absolute Gasteiger partial charge is 0.494 e. The van der Waals surface area contributed by atoms with Gasteiger partial charge in [-0.1, -0.05) is 12.1 Å². The molecule has 1 aliphatic heterocycles. The van der Waals surface area contributed by atoms with Crippen molar-refractivity contribution >= 4 is 12.6 Å². The molecule has 18 heavy (non-hydrogen) atoms. The summed E-state index contributed by atoms with van der Waals surface area (Å²) in [6.45, 7) is 8.08. The van der Waals surface area contributed by atoms with Gasteiger partial charge in [0.1, 0.15) is 5.75 Å². The third-order valence-corrected chi connectivity index (χ3v) is 3.42. The number of phenols is 1. The molecule has 2 N–H and O–H groups in total. The van der Waals surface area contributed by atoms with Gasteiger partial charge in [0.05, 0.1) is 11.2 Å². The van der Waals surface area contributed by atoms with E-state index in [0.717, 1.165) is 12.6 Å². The van der Waals surface area contributed by atoms with E-state index in [1.165, 1.54) is 0 Å². The number of benzene rings is 1. The molecule has 0 bridgehead atoms. The molecule has 1 aromatic carbocycles. The second kappa shape index (κ2) is 5.30. The summed E-state index contributed by atoms with van der Waals surface area (Å²) in [7, 11) is 0.644. The fraction of sp³-hybridized carbons (Fsp3) is 0.538. The fourth-order valence-corrected chi connectivity index (χ4v) is 1.61. The molecule has 2 rings (SSSR count). The van der Waals surface area contributed by atoms with Gasteiger partial charge in [0.2, 0.25) is 0 Å². The van der Waals surface area contributed by atoms with Gasteiger partial charge < -0.3 is 19.5 Å². The van der Waals surface area contributed by atoms with Gasteiger partial charge in [-0.2, -0.15) is 0 Å². The Bertz CT molecular complexity index is 370. The zero-order valence-electron chi connectivity index (χ0n) is 11.6. The van der Waals surface area contributed by atoms with Crippen LogP contribution in [0.5, 0.6) is 5.75 Å². The summed E-state index contributed by atoms with van der Waals surface area (Å²) in [5, 5.41) is 16.2. The molecule has 100 valence electrons. The highest BCUT2D eigenvalue weighted by molar-refractivity contribution is 6.62. The maximum absolute atomic E-state index is 9.22. The maximum Gasteiger partial charge on any atom is 0.494 e. The van der Waals surface area contributed by atoms with Crippen molar-refractivity contribution < 1.29 is 19.5 Å². The standard InChI is InChI=1S/C12H17BO3.CH4O/c1-11(2)12(3,4)16-13(15-11)9-5-7-10(14)8-6-9;1-2/h5-8,14H,1-4H3;2H,1H3. The normalized spacial score (nSPS) is 20.2. The highest BCUT2D eigenvalue weighted by Crippen LogP contribution is 2.36. The van der Waals surface area contributed by atoms with Crippen LogP contribution in [0.4, 0.5) is 0 Å². The molecule has 0 saturated carbocycles. The Balaban J connectivity index is 0.000000771. The number of rotatable bonds is 1. The molecule has 0 amide bonds. The highest BCUT2D eigenvalue weighted by atomic mass is 16.7. The van der Waals surface area contributed by atoms with Gasteiger partial charge >= 0.3 is 7.12 Å². The molecular weight excluding hydrogens is 231 g/mol. The van der Waals surface area contributed by atoms with E-state index in [1.54, 1.807) is 12.1 Å². The Morgan fingerprint density at radius 3 is 1.67 bits per heavy atom. The SMILES string of the molecule is CC1(C)OB(c2ccc(O)cc2)OC1(C)C.CO. The van der Waals surface area contributed by atoms with Crippen molar-refractivity contribution in [3.8, 4) is 5.75 Å². The average Bonchev–Trinajstić information content (AvgIpc) is 2.52. The molecular formula is C13H21BO4. The number of hydrogen-bond donors (Lipinski definition) is 2. The van der Waals surface area contributed by atoms with Gasteiger partial charge in [-0.05, 0) is 45.3 Å². The Kier molecular flexibility index (Phi) is 4.43. The van der Waals surface area contributed by atoms with Crippen LogP contribution in [0.2, 0.25) is 0 Å². The minimum absolute atomic E-state index is 0.250. The molecule has 0 atom stereocenters. The molecule has 1 aromatic rings. The quantitative estimate of drug-likeness (QED) is 0.739. The predicted molar refractivity (Wildman–Crippen MR) is 72.0 cm³/mol. The van der Waals surface area contributed by atoms with Gasteiger partial charge in [-0.25, -0.2) is 0 Å². The summed E-state index contributed by atoms with van der Waals surface area (Å²) in [6.07, 6.45) is 0. The molecule has 0 aromatic heterocycles. The third kappa shape index (κ3) is 2.86. The van der Waals surface area contributed by atoms with Gasteiger partial charge in [0.15, 0.2) is 0 Å². The van der Waals surface area contributed by atoms with E-state index >= 15 is 0 Å². The molecule has 0 radical (unpaired) electrons. The van der Waals surface area contributed by atoms with Gasteiger partial charge in [0, 0.05) is 7.11 Å². The zero-order chi connectivity index (χ0) is 14.0. The van der Waals surface area contributed by atoms with Crippen LogP contribution in [0.15, 0.2) is 24.3 Å². The summed E-state index contributed by atoms with van der Waals surface area (Å²) in [5.41, 5.74) is 0.280. The molecule has 5 heteroatoms. The summed E-state index contributed by atoms with van der Waals surface area (Å²) in [6, 6.07) is 6.91. The zero-order valence-corrected chi connectivity index (χ0v) is 11.6. The second-order valence-electron chi connectivity index (χ2n) is 5.18. The lowest BCUT2D eigenvalue weighted by atomic mass is 9.79. The number of aliphatic hydroxyl groups excluding tert-OH is 1. The molecule has 0 unspecified atom stereocenters. The van der Waals surface area contributed by atoms with E-state index in [2.05, 4.69) is 0 Å². The van der Waals surface area contributed by atoms with E-state index < -0.39 is 0 Å². The van der Waals surface area contributed by atoms with Gasteiger partial charge in [0.25, 0.3) is 0 Å². The first-order valence-corrected chi connectivity index (χ1v) is 5.91. The first-order valence-electron chi connectivity index (χ1n) is 5.91. The minimum Gasteiger partial charge on any atom is -0.508 e. The van der Waals surface area contributed by atoms with Gasteiger partial charge in [-0.15, -0.1) is 0 Å². The number of hydrogen-bond acceptors (Lipinski definition) is 4. The van der Waals surface area contributed by atoms with Crippen LogP contribution in [0.25, 0.3) is 0 Å². The lowest BCUT2D eigenvalue weighted by Gasteiger charge is -2.32. The molecule has 1 heterocycles. The van der Waals surface area contributed by atoms with Crippen LogP contribution in [-0.4, -0.2) is 35.6 Å². The summed E-state index contributed by atoms with van der Waals surface area (Å²) >= 11 is 0. The summed E-state index contributed by atoms with van der Waals surface area (Å²) in [4.78, 5) is 0. The Morgan fingerprint density at radius 2 is 1.28 bits per heavy atom. The predicted octanol–water partition coefficient (Wildman–Crippen LogP) is 1.30. The van der Waals surface area contributed by atoms with Crippen LogP contribution in [0.1, 0.15) is 27.7 Å². The summed E-state index contributed by atoms with van der Waals surface area (Å²) in [5.74, 6) is 0.250. The van der Waals surface area contributed by atoms with Crippen molar-refractivity contribution in [1.29, 1.82) is 0 Å². The van der Waals surface area contributed by atoms with Crippen molar-refractivity contribution in [3.63, 3.8) is 0 Å². The Labute approximate surface area is 109 Å². The van der Waals surface area contributed by atoms with Crippen molar-refractivity contribution in [2.24, 2.45) is 0 Å². The molecule has 1 saturated heterocycles. The largest absolute Gasteiger partial charge is 0.508 e. The first-order chi connectivity index (χ1) is 8.32. The average molecular weight is 252 g/mol. The van der Waals surface area contributed by atoms with E-state index in [1.807, 2.05) is 39.8 Å². The minimum atomic E-state index is -0.356. The lowest BCUT2D eigenvalue weighted by molar-refractivity contribution is 0.00578. The summed E-state index contributed by atoms with van der Waals surface area (Å²) < 4.78 is 11.8. The van der Waals surface area contributed by atoms with E-state index in [0.29, 0.717) is 0 Å². The van der Waals surface area contributed by atoms with Crippen molar-refractivity contribution in [2.45, 2.75) is 38.9 Å². The fourth-order valence-electron chi connectivity index (χ4n) is 1.61. The Hall–Kier alpha value is -1.04. The van der Waals surface area contributed by atoms with E-state index in [-0.39, 0.29) is 24.1 Å². The first kappa shape index (κ1) is 15.0. The number of phenolic OH excluding ortho intramolecular Hbond substituents is 1. The van der Waals surface area contributed by atoms with Crippen LogP contribution >= 0.6 is 0 Å². The van der Waals surface area contributed by atoms with Crippen molar-refractivity contribution in [3.05, 3.63) is 24.3 Å². The van der Waals surface area contributed by atoms with Crippen LogP contribution in [-0.2, 0) is 9.31 Å². The second-order valence-corrected chi connectivity index (χ2v) is 5.18. The monoisotopic (exact) mass is 252 g/mol. The van der Waals surface area contributed by atoms with Gasteiger partial charge in [-0.3, -0.25) is 0 Å². The van der Waals surface area contributed by atoms with Crippen molar-refractivity contribution in [1.82, 2.24) is 0 Å². The molecule has 0 aliphatic carbocycles. The van der Waals surface area contributed by atoms with Crippen LogP contribution in [0.3, 0.4) is 0 Å². The van der Waals surface area contributed by atoms with Crippen LogP contribution < -0.4 is 5.46 Å². The molecule has 4 nitrogen and oxygen atoms in total. The topological polar surface area (TPSA) is 58.9 Å². The van der Waals surface area contributed by atoms with E-state index in [9.17, 15) is 5.11 Å². The van der Waals surface area contributed by atoms with Crippen LogP contribution in [0, 0.1) is 0 Å².